The molecule has 0 heterocycles. The van der Waals surface area contributed by atoms with Crippen LogP contribution < -0.4 is 0 Å². The van der Waals surface area contributed by atoms with Crippen LogP contribution in [0.1, 0.15) is 232 Å². The molecular formula is C77H116O5. The smallest absolute Gasteiger partial charge is 0.306 e. The highest BCUT2D eigenvalue weighted by Gasteiger charge is 2.16. The molecule has 5 nitrogen and oxygen atoms in total. The Morgan fingerprint density at radius 1 is 0.280 bits per heavy atom. The van der Waals surface area contributed by atoms with Gasteiger partial charge in [-0.05, 0) is 154 Å². The fraction of sp³-hybridized carbons (Fsp3) is 0.506. The SMILES string of the molecule is CC/C=C\C/C=C\C/C=C\C/C=C\C/C=C\C/C=C\C/C=C\C/C=C\C/C=C\CCCCCCCCCCCC(=O)OC(CO)COC(=O)CCCCC/C=C\C/C=C\C/C=C\C/C=C\C/C=C\C/C=C\C/C=C\C/C=C\C/C=C\CC. The van der Waals surface area contributed by atoms with Crippen LogP contribution >= 0.6 is 0 Å². The molecule has 1 atom stereocenters. The fourth-order valence-corrected chi connectivity index (χ4v) is 8.01. The predicted molar refractivity (Wildman–Crippen MR) is 361 cm³/mol. The lowest BCUT2D eigenvalue weighted by Crippen LogP contribution is -2.28. The monoisotopic (exact) mass is 1120 g/mol. The van der Waals surface area contributed by atoms with Gasteiger partial charge in [0.2, 0.25) is 0 Å². The van der Waals surface area contributed by atoms with E-state index in [0.29, 0.717) is 12.8 Å². The van der Waals surface area contributed by atoms with E-state index >= 15 is 0 Å². The number of aliphatic hydroxyl groups is 1. The first kappa shape index (κ1) is 76.2. The van der Waals surface area contributed by atoms with Crippen LogP contribution in [0, 0.1) is 0 Å². The van der Waals surface area contributed by atoms with E-state index in [0.717, 1.165) is 167 Å². The van der Waals surface area contributed by atoms with Gasteiger partial charge in [0.25, 0.3) is 0 Å². The van der Waals surface area contributed by atoms with Crippen LogP contribution in [0.15, 0.2) is 219 Å². The summed E-state index contributed by atoms with van der Waals surface area (Å²) < 4.78 is 10.7. The molecule has 0 aliphatic rings. The molecule has 1 unspecified atom stereocenters. The lowest BCUT2D eigenvalue weighted by molar-refractivity contribution is -0.161. The van der Waals surface area contributed by atoms with Gasteiger partial charge in [-0.2, -0.15) is 0 Å². The van der Waals surface area contributed by atoms with Crippen LogP contribution in [0.3, 0.4) is 0 Å². The average Bonchev–Trinajstić information content (AvgIpc) is 3.49. The number of allylic oxidation sites excluding steroid dienone is 36. The van der Waals surface area contributed by atoms with Gasteiger partial charge in [-0.15, -0.1) is 0 Å². The first-order valence-electron chi connectivity index (χ1n) is 32.3. The first-order chi connectivity index (χ1) is 40.6. The van der Waals surface area contributed by atoms with Crippen LogP contribution in [0.25, 0.3) is 0 Å². The summed E-state index contributed by atoms with van der Waals surface area (Å²) >= 11 is 0. The van der Waals surface area contributed by atoms with Crippen molar-refractivity contribution in [3.63, 3.8) is 0 Å². The van der Waals surface area contributed by atoms with Gasteiger partial charge in [0, 0.05) is 12.8 Å². The van der Waals surface area contributed by atoms with Gasteiger partial charge >= 0.3 is 11.9 Å². The first-order valence-corrected chi connectivity index (χ1v) is 32.3. The highest BCUT2D eigenvalue weighted by atomic mass is 16.6. The molecule has 0 aromatic heterocycles. The van der Waals surface area contributed by atoms with Crippen LogP contribution in [0.2, 0.25) is 0 Å². The van der Waals surface area contributed by atoms with E-state index in [1.165, 1.54) is 38.5 Å². The maximum atomic E-state index is 12.3. The molecule has 0 aromatic carbocycles. The minimum atomic E-state index is -0.809. The summed E-state index contributed by atoms with van der Waals surface area (Å²) in [5.74, 6) is -0.653. The summed E-state index contributed by atoms with van der Waals surface area (Å²) in [5.41, 5.74) is 0. The van der Waals surface area contributed by atoms with Crippen molar-refractivity contribution in [3.05, 3.63) is 219 Å². The molecule has 1 N–H and O–H groups in total. The summed E-state index contributed by atoms with van der Waals surface area (Å²) in [6.45, 7) is 3.86. The Morgan fingerprint density at radius 2 is 0.488 bits per heavy atom. The minimum absolute atomic E-state index is 0.101. The zero-order chi connectivity index (χ0) is 59.1. The molecule has 0 amide bonds. The molecule has 0 aliphatic heterocycles. The highest BCUT2D eigenvalue weighted by molar-refractivity contribution is 5.70. The number of unbranched alkanes of at least 4 members (excludes halogenated alkanes) is 12. The molecule has 0 saturated heterocycles. The third-order valence-corrected chi connectivity index (χ3v) is 12.8. The van der Waals surface area contributed by atoms with Gasteiger partial charge in [-0.1, -0.05) is 284 Å². The quantitative estimate of drug-likeness (QED) is 0.0373. The third kappa shape index (κ3) is 66.7. The Hall–Kier alpha value is -5.78. The maximum absolute atomic E-state index is 12.3. The van der Waals surface area contributed by atoms with E-state index in [4.69, 9.17) is 9.47 Å². The minimum Gasteiger partial charge on any atom is -0.462 e. The number of hydrogen-bond acceptors (Lipinski definition) is 5. The molecule has 0 aromatic rings. The number of aliphatic hydroxyl groups excluding tert-OH is 1. The number of carbonyl (C=O) groups excluding carboxylic acids is 2. The van der Waals surface area contributed by atoms with Gasteiger partial charge in [0.05, 0.1) is 6.61 Å². The normalized spacial score (nSPS) is 13.7. The Labute approximate surface area is 503 Å². The van der Waals surface area contributed by atoms with Crippen molar-refractivity contribution in [3.8, 4) is 0 Å². The van der Waals surface area contributed by atoms with Crippen LogP contribution in [0.5, 0.6) is 0 Å². The topological polar surface area (TPSA) is 72.8 Å². The molecule has 82 heavy (non-hydrogen) atoms. The van der Waals surface area contributed by atoms with Crippen molar-refractivity contribution >= 4 is 11.9 Å². The number of hydrogen-bond donors (Lipinski definition) is 1. The van der Waals surface area contributed by atoms with E-state index in [1.54, 1.807) is 0 Å². The number of esters is 2. The molecule has 0 radical (unpaired) electrons. The van der Waals surface area contributed by atoms with E-state index in [1.807, 2.05) is 0 Å². The molecule has 0 fully saturated rings. The van der Waals surface area contributed by atoms with Crippen molar-refractivity contribution in [2.45, 2.75) is 238 Å². The molecule has 5 heteroatoms. The molecular weight excluding hydrogens is 1000 g/mol. The molecule has 0 spiro atoms. The van der Waals surface area contributed by atoms with Crippen molar-refractivity contribution in [2.75, 3.05) is 13.2 Å². The zero-order valence-electron chi connectivity index (χ0n) is 51.9. The number of rotatable bonds is 56. The second-order valence-electron chi connectivity index (χ2n) is 20.4. The Balaban J connectivity index is 3.68. The van der Waals surface area contributed by atoms with Crippen molar-refractivity contribution in [2.24, 2.45) is 0 Å². The summed E-state index contributed by atoms with van der Waals surface area (Å²) in [4.78, 5) is 24.6. The molecule has 0 saturated carbocycles. The Kier molecular flexibility index (Phi) is 64.6. The van der Waals surface area contributed by atoms with Gasteiger partial charge < -0.3 is 14.6 Å². The fourth-order valence-electron chi connectivity index (χ4n) is 8.01. The summed E-state index contributed by atoms with van der Waals surface area (Å²) in [5, 5.41) is 9.68. The molecule has 0 bridgehead atoms. The van der Waals surface area contributed by atoms with E-state index in [9.17, 15) is 14.7 Å². The average molecular weight is 1120 g/mol. The van der Waals surface area contributed by atoms with Crippen LogP contribution in [0.4, 0.5) is 0 Å². The second kappa shape index (κ2) is 69.5. The highest BCUT2D eigenvalue weighted by Crippen LogP contribution is 2.13. The largest absolute Gasteiger partial charge is 0.462 e. The number of ether oxygens (including phenoxy) is 2. The Morgan fingerprint density at radius 3 is 0.744 bits per heavy atom. The van der Waals surface area contributed by atoms with Crippen LogP contribution in [-0.4, -0.2) is 36.4 Å². The van der Waals surface area contributed by atoms with Gasteiger partial charge in [0.1, 0.15) is 6.61 Å². The van der Waals surface area contributed by atoms with E-state index < -0.39 is 6.10 Å². The Bertz CT molecular complexity index is 1990. The number of carbonyl (C=O) groups is 2. The maximum Gasteiger partial charge on any atom is 0.306 e. The molecule has 0 aliphatic carbocycles. The predicted octanol–water partition coefficient (Wildman–Crippen LogP) is 22.7. The van der Waals surface area contributed by atoms with Crippen LogP contribution in [-0.2, 0) is 19.1 Å². The van der Waals surface area contributed by atoms with Gasteiger partial charge in [0.15, 0.2) is 6.10 Å². The van der Waals surface area contributed by atoms with Gasteiger partial charge in [-0.3, -0.25) is 9.59 Å². The summed E-state index contributed by atoms with van der Waals surface area (Å²) in [6.07, 6.45) is 113. The van der Waals surface area contributed by atoms with Crippen molar-refractivity contribution < 1.29 is 24.2 Å². The van der Waals surface area contributed by atoms with E-state index in [-0.39, 0.29) is 25.2 Å². The summed E-state index contributed by atoms with van der Waals surface area (Å²) in [7, 11) is 0. The standard InChI is InChI=1S/C77H116O5/c1-3-5-7-9-11-13-15-17-19-21-23-25-27-29-31-33-35-36-37-38-39-40-42-44-46-48-50-52-54-56-58-60-62-64-66-68-70-72-77(80)82-75(73-78)74-81-76(79)71-69-67-65-63-61-59-57-55-53-51-49-47-45-43-41-34-32-30-28-26-24-22-20-18-16-14-12-10-8-6-4-2/h5-8,11-14,17-20,23-26,29-32,35-36,38-39,41-44,47-50,53,55,59,61,75,78H,3-4,9-10,15-16,21-22,27-28,33-34,37,40,45-46,51-52,54,56-58,60,62-74H2,1-2H3/b7-5-,8-6-,13-11-,14-12-,19-17-,20-18-,25-23-,26-24-,31-29-,32-30-,36-35-,39-38-,43-41-,44-42-,49-47-,50-48-,55-53-,61-59-. The second-order valence-corrected chi connectivity index (χ2v) is 20.4. The molecule has 0 rings (SSSR count). The van der Waals surface area contributed by atoms with Crippen molar-refractivity contribution in [1.82, 2.24) is 0 Å². The summed E-state index contributed by atoms with van der Waals surface area (Å²) in [6, 6.07) is 0. The lowest BCUT2D eigenvalue weighted by Gasteiger charge is -2.15. The third-order valence-electron chi connectivity index (χ3n) is 12.8. The van der Waals surface area contributed by atoms with Crippen molar-refractivity contribution in [1.29, 1.82) is 0 Å². The lowest BCUT2D eigenvalue weighted by atomic mass is 10.1. The zero-order valence-corrected chi connectivity index (χ0v) is 51.9. The molecule has 454 valence electrons. The van der Waals surface area contributed by atoms with Gasteiger partial charge in [-0.25, -0.2) is 0 Å². The van der Waals surface area contributed by atoms with E-state index in [2.05, 4.69) is 233 Å².